The van der Waals surface area contributed by atoms with Crippen molar-refractivity contribution in [3.63, 3.8) is 0 Å². The van der Waals surface area contributed by atoms with E-state index in [2.05, 4.69) is 15.0 Å². The molecule has 0 fully saturated rings. The Morgan fingerprint density at radius 2 is 1.81 bits per heavy atom. The fraction of sp³-hybridized carbons (Fsp3) is 0.200. The number of hydrogen-bond donors (Lipinski definition) is 2. The molecule has 166 valence electrons. The zero-order valence-electron chi connectivity index (χ0n) is 16.7. The van der Waals surface area contributed by atoms with Crippen LogP contribution < -0.4 is 15.8 Å². The van der Waals surface area contributed by atoms with Crippen molar-refractivity contribution in [3.8, 4) is 0 Å². The van der Waals surface area contributed by atoms with Crippen molar-refractivity contribution < 1.29 is 17.9 Å². The molecule has 3 aromatic rings. The molecule has 2 heterocycles. The van der Waals surface area contributed by atoms with Crippen LogP contribution in [0.15, 0.2) is 47.4 Å². The number of carbonyl (C=O) groups is 1. The number of benzene rings is 2. The summed E-state index contributed by atoms with van der Waals surface area (Å²) >= 11 is 6.15. The standard InChI is InChI=1S/C20H19ClN6O4S/c21-15-8-7-13(32(29,30)27-9-3-5-12-4-1-2-6-16(12)27)10-14(15)18(28)31-11-17-24-19(22)26-20(23)25-17/h1-2,4,6-8,10H,3,5,9,11H2,(H4,22,23,24,25,26). The lowest BCUT2D eigenvalue weighted by Gasteiger charge is -2.30. The highest BCUT2D eigenvalue weighted by Gasteiger charge is 2.30. The predicted octanol–water partition coefficient (Wildman–Crippen LogP) is 2.19. The molecule has 12 heteroatoms. The van der Waals surface area contributed by atoms with Crippen molar-refractivity contribution in [3.05, 3.63) is 64.4 Å². The van der Waals surface area contributed by atoms with Gasteiger partial charge < -0.3 is 16.2 Å². The topological polar surface area (TPSA) is 154 Å². The quantitative estimate of drug-likeness (QED) is 0.529. The molecule has 0 radical (unpaired) electrons. The number of anilines is 3. The van der Waals surface area contributed by atoms with Gasteiger partial charge in [0.05, 0.1) is 21.2 Å². The highest BCUT2D eigenvalue weighted by molar-refractivity contribution is 7.92. The molecule has 0 atom stereocenters. The van der Waals surface area contributed by atoms with Gasteiger partial charge in [-0.2, -0.15) is 15.0 Å². The van der Waals surface area contributed by atoms with Gasteiger partial charge in [0.15, 0.2) is 12.4 Å². The number of nitrogens with two attached hydrogens (primary N) is 2. The first-order valence-corrected chi connectivity index (χ1v) is 11.4. The van der Waals surface area contributed by atoms with Gasteiger partial charge >= 0.3 is 5.97 Å². The van der Waals surface area contributed by atoms with Gasteiger partial charge in [-0.25, -0.2) is 13.2 Å². The van der Waals surface area contributed by atoms with Crippen molar-refractivity contribution in [2.75, 3.05) is 22.3 Å². The third kappa shape index (κ3) is 4.30. The monoisotopic (exact) mass is 474 g/mol. The second kappa shape index (κ2) is 8.60. The average Bonchev–Trinajstić information content (AvgIpc) is 2.76. The van der Waals surface area contributed by atoms with E-state index in [4.69, 9.17) is 27.8 Å². The number of nitrogen functional groups attached to an aromatic ring is 2. The van der Waals surface area contributed by atoms with Crippen LogP contribution in [-0.4, -0.2) is 35.9 Å². The molecule has 0 saturated heterocycles. The van der Waals surface area contributed by atoms with Crippen LogP contribution in [0.4, 0.5) is 17.6 Å². The van der Waals surface area contributed by atoms with Gasteiger partial charge in [-0.15, -0.1) is 0 Å². The molecular weight excluding hydrogens is 456 g/mol. The van der Waals surface area contributed by atoms with E-state index in [0.717, 1.165) is 12.0 Å². The van der Waals surface area contributed by atoms with E-state index in [1.807, 2.05) is 12.1 Å². The number of fused-ring (bicyclic) bond motifs is 1. The number of rotatable bonds is 5. The Hall–Kier alpha value is -3.44. The van der Waals surface area contributed by atoms with Crippen LogP contribution >= 0.6 is 11.6 Å². The molecule has 32 heavy (non-hydrogen) atoms. The Labute approximate surface area is 189 Å². The van der Waals surface area contributed by atoms with Gasteiger partial charge in [-0.1, -0.05) is 29.8 Å². The zero-order valence-corrected chi connectivity index (χ0v) is 18.3. The number of para-hydroxylation sites is 1. The van der Waals surface area contributed by atoms with Gasteiger partial charge in [0.25, 0.3) is 10.0 Å². The van der Waals surface area contributed by atoms with Crippen LogP contribution in [0.25, 0.3) is 0 Å². The molecule has 0 aliphatic carbocycles. The Bertz CT molecular complexity index is 1280. The lowest BCUT2D eigenvalue weighted by atomic mass is 10.0. The first-order valence-electron chi connectivity index (χ1n) is 9.59. The summed E-state index contributed by atoms with van der Waals surface area (Å²) in [6.07, 6.45) is 1.49. The molecule has 0 unspecified atom stereocenters. The molecule has 0 spiro atoms. The Kier molecular flexibility index (Phi) is 5.85. The smallest absolute Gasteiger partial charge is 0.340 e. The summed E-state index contributed by atoms with van der Waals surface area (Å²) in [6, 6.07) is 11.2. The molecular formula is C20H19ClN6O4S. The van der Waals surface area contributed by atoms with E-state index in [1.54, 1.807) is 12.1 Å². The minimum absolute atomic E-state index is 0.0441. The summed E-state index contributed by atoms with van der Waals surface area (Å²) in [6.45, 7) is -0.00740. The number of aromatic nitrogens is 3. The number of sulfonamides is 1. The molecule has 0 saturated carbocycles. The largest absolute Gasteiger partial charge is 0.454 e. The number of hydrogen-bond acceptors (Lipinski definition) is 9. The summed E-state index contributed by atoms with van der Waals surface area (Å²) in [7, 11) is -3.93. The van der Waals surface area contributed by atoms with Crippen LogP contribution in [0.1, 0.15) is 28.2 Å². The fourth-order valence-corrected chi connectivity index (χ4v) is 5.19. The van der Waals surface area contributed by atoms with E-state index in [-0.39, 0.29) is 39.8 Å². The number of halogens is 1. The molecule has 1 aliphatic heterocycles. The number of aryl methyl sites for hydroxylation is 1. The maximum Gasteiger partial charge on any atom is 0.340 e. The molecule has 10 nitrogen and oxygen atoms in total. The van der Waals surface area contributed by atoms with Crippen molar-refractivity contribution >= 4 is 45.2 Å². The maximum atomic E-state index is 13.4. The molecule has 0 amide bonds. The van der Waals surface area contributed by atoms with Gasteiger partial charge in [-0.3, -0.25) is 4.31 Å². The lowest BCUT2D eigenvalue weighted by molar-refractivity contribution is 0.0462. The highest BCUT2D eigenvalue weighted by atomic mass is 35.5. The first-order chi connectivity index (χ1) is 15.3. The minimum atomic E-state index is -3.93. The number of ether oxygens (including phenoxy) is 1. The maximum absolute atomic E-state index is 13.4. The lowest BCUT2D eigenvalue weighted by Crippen LogP contribution is -2.35. The highest BCUT2D eigenvalue weighted by Crippen LogP contribution is 2.33. The van der Waals surface area contributed by atoms with Crippen molar-refractivity contribution in [1.29, 1.82) is 0 Å². The van der Waals surface area contributed by atoms with E-state index in [1.165, 1.54) is 22.5 Å². The molecule has 0 bridgehead atoms. The SMILES string of the molecule is Nc1nc(N)nc(COC(=O)c2cc(S(=O)(=O)N3CCCc4ccccc43)ccc2Cl)n1. The van der Waals surface area contributed by atoms with Crippen molar-refractivity contribution in [2.45, 2.75) is 24.3 Å². The summed E-state index contributed by atoms with van der Waals surface area (Å²) in [4.78, 5) is 23.8. The third-order valence-corrected chi connectivity index (χ3v) is 7.00. The summed E-state index contributed by atoms with van der Waals surface area (Å²) in [5.41, 5.74) is 12.5. The van der Waals surface area contributed by atoms with Crippen LogP contribution in [0.2, 0.25) is 5.02 Å². The van der Waals surface area contributed by atoms with Crippen LogP contribution in [-0.2, 0) is 27.8 Å². The molecule has 4 rings (SSSR count). The molecule has 2 aromatic carbocycles. The number of carbonyl (C=O) groups excluding carboxylic acids is 1. The summed E-state index contributed by atoms with van der Waals surface area (Å²) in [5.74, 6) is -1.02. The third-order valence-electron chi connectivity index (χ3n) is 4.86. The Morgan fingerprint density at radius 3 is 2.56 bits per heavy atom. The van der Waals surface area contributed by atoms with Crippen LogP contribution in [0.5, 0.6) is 0 Å². The van der Waals surface area contributed by atoms with Crippen LogP contribution in [0, 0.1) is 0 Å². The normalized spacial score (nSPS) is 13.5. The first kappa shape index (κ1) is 21.8. The summed E-state index contributed by atoms with van der Waals surface area (Å²) < 4.78 is 33.3. The van der Waals surface area contributed by atoms with E-state index >= 15 is 0 Å². The predicted molar refractivity (Wildman–Crippen MR) is 119 cm³/mol. The Morgan fingerprint density at radius 1 is 1.09 bits per heavy atom. The van der Waals surface area contributed by atoms with Gasteiger partial charge in [-0.05, 0) is 42.7 Å². The zero-order chi connectivity index (χ0) is 22.9. The summed E-state index contributed by atoms with van der Waals surface area (Å²) in [5, 5.41) is 0.0441. The van der Waals surface area contributed by atoms with Crippen molar-refractivity contribution in [1.82, 2.24) is 15.0 Å². The second-order valence-corrected chi connectivity index (χ2v) is 9.26. The molecule has 1 aromatic heterocycles. The average molecular weight is 475 g/mol. The van der Waals surface area contributed by atoms with E-state index in [9.17, 15) is 13.2 Å². The Balaban J connectivity index is 1.60. The van der Waals surface area contributed by atoms with Crippen LogP contribution in [0.3, 0.4) is 0 Å². The minimum Gasteiger partial charge on any atom is -0.454 e. The number of esters is 1. The second-order valence-electron chi connectivity index (χ2n) is 7.00. The molecule has 1 aliphatic rings. The number of nitrogens with zero attached hydrogens (tertiary/aromatic N) is 4. The van der Waals surface area contributed by atoms with E-state index in [0.29, 0.717) is 18.7 Å². The molecule has 4 N–H and O–H groups in total. The van der Waals surface area contributed by atoms with Crippen molar-refractivity contribution in [2.24, 2.45) is 0 Å². The fourth-order valence-electron chi connectivity index (χ4n) is 3.43. The van der Waals surface area contributed by atoms with Gasteiger partial charge in [0.2, 0.25) is 11.9 Å². The van der Waals surface area contributed by atoms with Gasteiger partial charge in [0, 0.05) is 6.54 Å². The van der Waals surface area contributed by atoms with Gasteiger partial charge in [0.1, 0.15) is 0 Å². The van der Waals surface area contributed by atoms with E-state index < -0.39 is 16.0 Å².